The quantitative estimate of drug-likeness (QED) is 0.651. The molecule has 6 heteroatoms. The van der Waals surface area contributed by atoms with Gasteiger partial charge in [0.25, 0.3) is 5.91 Å². The Bertz CT molecular complexity index is 1110. The molecular weight excluding hydrogens is 414 g/mol. The molecule has 170 valence electrons. The van der Waals surface area contributed by atoms with Crippen molar-refractivity contribution in [2.75, 3.05) is 19.6 Å². The van der Waals surface area contributed by atoms with Gasteiger partial charge in [-0.05, 0) is 36.1 Å². The Kier molecular flexibility index (Phi) is 6.01. The van der Waals surface area contributed by atoms with Crippen LogP contribution in [0.1, 0.15) is 52.1 Å². The van der Waals surface area contributed by atoms with Gasteiger partial charge in [-0.1, -0.05) is 60.7 Å². The van der Waals surface area contributed by atoms with Crippen LogP contribution in [-0.2, 0) is 11.3 Å². The molecule has 0 saturated carbocycles. The highest BCUT2D eigenvalue weighted by Crippen LogP contribution is 2.36. The maximum Gasteiger partial charge on any atom is 0.290 e. The minimum Gasteiger partial charge on any atom is -0.455 e. The minimum absolute atomic E-state index is 0.0332. The number of likely N-dealkylation sites (tertiary alicyclic amines) is 2. The van der Waals surface area contributed by atoms with Crippen molar-refractivity contribution in [3.8, 4) is 0 Å². The molecular formula is C27H29N3O3. The fourth-order valence-electron chi connectivity index (χ4n) is 5.17. The van der Waals surface area contributed by atoms with Crippen LogP contribution in [0.3, 0.4) is 0 Å². The number of nitrogens with two attached hydrogens (primary N) is 1. The fourth-order valence-corrected chi connectivity index (χ4v) is 5.17. The lowest BCUT2D eigenvalue weighted by atomic mass is 9.96. The van der Waals surface area contributed by atoms with E-state index in [9.17, 15) is 9.59 Å². The number of furan rings is 1. The van der Waals surface area contributed by atoms with E-state index in [1.165, 1.54) is 5.56 Å². The second kappa shape index (κ2) is 9.24. The summed E-state index contributed by atoms with van der Waals surface area (Å²) in [5.74, 6) is 1.04. The molecule has 2 amide bonds. The summed E-state index contributed by atoms with van der Waals surface area (Å²) in [6, 6.07) is 23.4. The highest BCUT2D eigenvalue weighted by Gasteiger charge is 2.44. The Hall–Kier alpha value is -3.38. The lowest BCUT2D eigenvalue weighted by molar-refractivity contribution is -0.134. The average molecular weight is 444 g/mol. The normalized spacial score (nSPS) is 22.6. The second-order valence-electron chi connectivity index (χ2n) is 8.97. The Balaban J connectivity index is 1.37. The van der Waals surface area contributed by atoms with E-state index in [1.807, 2.05) is 41.3 Å². The van der Waals surface area contributed by atoms with E-state index in [4.69, 9.17) is 10.2 Å². The highest BCUT2D eigenvalue weighted by molar-refractivity contribution is 5.96. The van der Waals surface area contributed by atoms with Crippen LogP contribution in [0.25, 0.3) is 0 Å². The Labute approximate surface area is 194 Å². The van der Waals surface area contributed by atoms with Gasteiger partial charge >= 0.3 is 0 Å². The molecule has 2 N–H and O–H groups in total. The van der Waals surface area contributed by atoms with Gasteiger partial charge in [0.15, 0.2) is 5.76 Å². The standard InChI is InChI=1S/C27H29N3O3/c28-16-23-11-12-25(33-23)27(32)30-18-22(20-9-5-2-6-10-20)15-24(30)26(31)29-14-13-21(17-29)19-7-3-1-4-8-19/h1-12,21-22,24H,13-18,28H2/t21?,22-,24-/m0/s1. The third-order valence-corrected chi connectivity index (χ3v) is 6.96. The number of nitrogens with zero attached hydrogens (tertiary/aromatic N) is 2. The van der Waals surface area contributed by atoms with Crippen molar-refractivity contribution in [3.63, 3.8) is 0 Å². The lowest BCUT2D eigenvalue weighted by Crippen LogP contribution is -2.47. The fraction of sp³-hybridized carbons (Fsp3) is 0.333. The molecule has 6 nitrogen and oxygen atoms in total. The number of carbonyl (C=O) groups excluding carboxylic acids is 2. The van der Waals surface area contributed by atoms with Gasteiger partial charge in [0.1, 0.15) is 11.8 Å². The number of amides is 2. The summed E-state index contributed by atoms with van der Waals surface area (Å²) in [4.78, 5) is 30.7. The average Bonchev–Trinajstić information content (AvgIpc) is 3.64. The van der Waals surface area contributed by atoms with Crippen molar-refractivity contribution in [2.24, 2.45) is 5.73 Å². The van der Waals surface area contributed by atoms with Crippen molar-refractivity contribution >= 4 is 11.8 Å². The zero-order chi connectivity index (χ0) is 22.8. The van der Waals surface area contributed by atoms with E-state index < -0.39 is 6.04 Å². The summed E-state index contributed by atoms with van der Waals surface area (Å²) >= 11 is 0. The molecule has 0 bridgehead atoms. The Morgan fingerprint density at radius 1 is 0.879 bits per heavy atom. The third kappa shape index (κ3) is 4.31. The molecule has 33 heavy (non-hydrogen) atoms. The molecule has 2 aliphatic rings. The zero-order valence-corrected chi connectivity index (χ0v) is 18.6. The minimum atomic E-state index is -0.497. The second-order valence-corrected chi connectivity index (χ2v) is 8.97. The Morgan fingerprint density at radius 3 is 2.18 bits per heavy atom. The molecule has 1 aromatic heterocycles. The number of hydrogen-bond acceptors (Lipinski definition) is 4. The Morgan fingerprint density at radius 2 is 1.55 bits per heavy atom. The van der Waals surface area contributed by atoms with Crippen molar-refractivity contribution in [3.05, 3.63) is 95.4 Å². The van der Waals surface area contributed by atoms with E-state index in [1.54, 1.807) is 17.0 Å². The lowest BCUT2D eigenvalue weighted by Gasteiger charge is -2.27. The summed E-state index contributed by atoms with van der Waals surface area (Å²) in [5, 5.41) is 0. The van der Waals surface area contributed by atoms with Crippen molar-refractivity contribution in [1.29, 1.82) is 0 Å². The molecule has 5 rings (SSSR count). The van der Waals surface area contributed by atoms with Crippen LogP contribution >= 0.6 is 0 Å². The number of hydrogen-bond donors (Lipinski definition) is 1. The first kappa shape index (κ1) is 21.5. The summed E-state index contributed by atoms with van der Waals surface area (Å²) in [7, 11) is 0. The van der Waals surface area contributed by atoms with Gasteiger partial charge in [-0.25, -0.2) is 0 Å². The van der Waals surface area contributed by atoms with Gasteiger partial charge < -0.3 is 20.0 Å². The van der Waals surface area contributed by atoms with Gasteiger partial charge in [-0.2, -0.15) is 0 Å². The largest absolute Gasteiger partial charge is 0.455 e. The monoisotopic (exact) mass is 443 g/mol. The first-order valence-electron chi connectivity index (χ1n) is 11.6. The predicted octanol–water partition coefficient (Wildman–Crippen LogP) is 3.75. The molecule has 2 aliphatic heterocycles. The van der Waals surface area contributed by atoms with Gasteiger partial charge in [-0.3, -0.25) is 9.59 Å². The summed E-state index contributed by atoms with van der Waals surface area (Å²) in [5.41, 5.74) is 8.07. The number of benzene rings is 2. The molecule has 0 spiro atoms. The topological polar surface area (TPSA) is 79.8 Å². The SMILES string of the molecule is NCc1ccc(C(=O)N2C[C@@H](c3ccccc3)C[C@H]2C(=O)N2CCC(c3ccccc3)C2)o1. The number of rotatable bonds is 5. The maximum absolute atomic E-state index is 13.7. The van der Waals surface area contributed by atoms with Gasteiger partial charge in [0.05, 0.1) is 6.54 Å². The maximum atomic E-state index is 13.7. The first-order valence-corrected chi connectivity index (χ1v) is 11.6. The van der Waals surface area contributed by atoms with Gasteiger partial charge in [0, 0.05) is 31.5 Å². The first-order chi connectivity index (χ1) is 16.1. The molecule has 3 atom stereocenters. The highest BCUT2D eigenvalue weighted by atomic mass is 16.4. The third-order valence-electron chi connectivity index (χ3n) is 6.96. The van der Waals surface area contributed by atoms with Crippen LogP contribution in [0, 0.1) is 0 Å². The van der Waals surface area contributed by atoms with Crippen LogP contribution in [0.15, 0.2) is 77.2 Å². The zero-order valence-electron chi connectivity index (χ0n) is 18.6. The van der Waals surface area contributed by atoms with Crippen molar-refractivity contribution < 1.29 is 14.0 Å². The molecule has 1 unspecified atom stereocenters. The summed E-state index contributed by atoms with van der Waals surface area (Å²) in [6.07, 6.45) is 1.56. The van der Waals surface area contributed by atoms with Crippen LogP contribution in [-0.4, -0.2) is 47.3 Å². The van der Waals surface area contributed by atoms with E-state index in [0.717, 1.165) is 12.0 Å². The molecule has 0 radical (unpaired) electrons. The number of carbonyl (C=O) groups is 2. The predicted molar refractivity (Wildman–Crippen MR) is 126 cm³/mol. The molecule has 2 aromatic carbocycles. The smallest absolute Gasteiger partial charge is 0.290 e. The van der Waals surface area contributed by atoms with Crippen LogP contribution in [0.4, 0.5) is 0 Å². The van der Waals surface area contributed by atoms with E-state index in [0.29, 0.717) is 37.7 Å². The van der Waals surface area contributed by atoms with Crippen LogP contribution in [0.2, 0.25) is 0 Å². The van der Waals surface area contributed by atoms with Crippen LogP contribution < -0.4 is 5.73 Å². The summed E-state index contributed by atoms with van der Waals surface area (Å²) in [6.45, 7) is 2.13. The van der Waals surface area contributed by atoms with Gasteiger partial charge in [0.2, 0.25) is 5.91 Å². The van der Waals surface area contributed by atoms with Crippen molar-refractivity contribution in [2.45, 2.75) is 37.3 Å². The van der Waals surface area contributed by atoms with Gasteiger partial charge in [-0.15, -0.1) is 0 Å². The van der Waals surface area contributed by atoms with Crippen molar-refractivity contribution in [1.82, 2.24) is 9.80 Å². The summed E-state index contributed by atoms with van der Waals surface area (Å²) < 4.78 is 5.64. The van der Waals surface area contributed by atoms with Crippen LogP contribution in [0.5, 0.6) is 0 Å². The molecule has 2 saturated heterocycles. The van der Waals surface area contributed by atoms with E-state index in [-0.39, 0.29) is 30.0 Å². The molecule has 3 heterocycles. The van der Waals surface area contributed by atoms with E-state index >= 15 is 0 Å². The van der Waals surface area contributed by atoms with E-state index in [2.05, 4.69) is 24.3 Å². The molecule has 0 aliphatic carbocycles. The molecule has 3 aromatic rings. The molecule has 2 fully saturated rings.